The molecule has 6 heteroatoms. The number of carbonyl (C=O) groups is 2. The van der Waals surface area contributed by atoms with Gasteiger partial charge in [-0.05, 0) is 61.7 Å². The lowest BCUT2D eigenvalue weighted by Gasteiger charge is -2.34. The Morgan fingerprint density at radius 1 is 1.17 bits per heavy atom. The Balaban J connectivity index is 1.78. The molecule has 2 aliphatic rings. The van der Waals surface area contributed by atoms with Gasteiger partial charge >= 0.3 is 0 Å². The monoisotopic (exact) mass is 410 g/mol. The number of rotatable bonds is 3. The summed E-state index contributed by atoms with van der Waals surface area (Å²) in [6.45, 7) is 1.83. The van der Waals surface area contributed by atoms with Gasteiger partial charge in [-0.15, -0.1) is 0 Å². The summed E-state index contributed by atoms with van der Waals surface area (Å²) < 4.78 is 13.2. The van der Waals surface area contributed by atoms with Gasteiger partial charge in [-0.25, -0.2) is 4.39 Å². The summed E-state index contributed by atoms with van der Waals surface area (Å²) in [6, 6.07) is 12.8. The molecule has 1 aliphatic carbocycles. The maximum Gasteiger partial charge on any atom is 0.254 e. The average molecular weight is 411 g/mol. The molecule has 0 bridgehead atoms. The van der Waals surface area contributed by atoms with Crippen molar-refractivity contribution in [2.75, 3.05) is 5.32 Å². The third kappa shape index (κ3) is 3.83. The third-order valence-electron chi connectivity index (χ3n) is 5.30. The number of dihydropyridines is 1. The van der Waals surface area contributed by atoms with Gasteiger partial charge in [0.1, 0.15) is 5.82 Å². The summed E-state index contributed by atoms with van der Waals surface area (Å²) >= 11 is 6.22. The van der Waals surface area contributed by atoms with Gasteiger partial charge in [-0.3, -0.25) is 9.59 Å². The highest BCUT2D eigenvalue weighted by Gasteiger charge is 2.38. The van der Waals surface area contributed by atoms with Crippen molar-refractivity contribution in [2.24, 2.45) is 0 Å². The Morgan fingerprint density at radius 2 is 1.93 bits per heavy atom. The van der Waals surface area contributed by atoms with Crippen LogP contribution < -0.4 is 10.6 Å². The summed E-state index contributed by atoms with van der Waals surface area (Å²) in [5, 5.41) is 6.64. The lowest BCUT2D eigenvalue weighted by molar-refractivity contribution is -0.116. The lowest BCUT2D eigenvalue weighted by atomic mass is 9.75. The number of Topliss-reactive ketones (excluding diaryl/α,β-unsaturated/α-hetero) is 1. The molecule has 29 heavy (non-hydrogen) atoms. The van der Waals surface area contributed by atoms with E-state index < -0.39 is 5.92 Å². The van der Waals surface area contributed by atoms with E-state index in [9.17, 15) is 14.0 Å². The Bertz CT molecular complexity index is 1060. The van der Waals surface area contributed by atoms with Crippen molar-refractivity contribution >= 4 is 29.0 Å². The Labute approximate surface area is 173 Å². The number of allylic oxidation sites excluding steroid dienone is 3. The molecule has 1 heterocycles. The first-order valence-electron chi connectivity index (χ1n) is 9.50. The van der Waals surface area contributed by atoms with Crippen molar-refractivity contribution < 1.29 is 14.0 Å². The van der Waals surface area contributed by atoms with Crippen LogP contribution in [-0.2, 0) is 9.59 Å². The Kier molecular flexibility index (Phi) is 5.24. The minimum absolute atomic E-state index is 0.0447. The SMILES string of the molecule is CC1=C(C(=O)Nc2ccc(F)cc2)[C@H](c2cccc(Cl)c2)C2=C(CCCC2=O)N1. The van der Waals surface area contributed by atoms with E-state index in [1.807, 2.05) is 19.1 Å². The number of nitrogens with one attached hydrogen (secondary N) is 2. The van der Waals surface area contributed by atoms with Crippen molar-refractivity contribution in [3.8, 4) is 0 Å². The minimum atomic E-state index is -0.502. The predicted octanol–water partition coefficient (Wildman–Crippen LogP) is 5.09. The summed E-state index contributed by atoms with van der Waals surface area (Å²) in [5.74, 6) is -1.17. The van der Waals surface area contributed by atoms with Crippen molar-refractivity contribution in [1.29, 1.82) is 0 Å². The fraction of sp³-hybridized carbons (Fsp3) is 0.217. The number of amides is 1. The second kappa shape index (κ2) is 7.84. The van der Waals surface area contributed by atoms with Crippen molar-refractivity contribution in [3.63, 3.8) is 0 Å². The Hall–Kier alpha value is -2.92. The van der Waals surface area contributed by atoms with Gasteiger partial charge in [-0.1, -0.05) is 23.7 Å². The first kappa shape index (κ1) is 19.4. The van der Waals surface area contributed by atoms with Crippen molar-refractivity contribution in [2.45, 2.75) is 32.1 Å². The highest BCUT2D eigenvalue weighted by atomic mass is 35.5. The first-order chi connectivity index (χ1) is 13.9. The van der Waals surface area contributed by atoms with E-state index in [0.29, 0.717) is 34.0 Å². The highest BCUT2D eigenvalue weighted by molar-refractivity contribution is 6.30. The summed E-state index contributed by atoms with van der Waals surface area (Å²) in [4.78, 5) is 26.1. The van der Waals surface area contributed by atoms with Crippen LogP contribution in [0.5, 0.6) is 0 Å². The fourth-order valence-corrected chi connectivity index (χ4v) is 4.23. The molecular formula is C23H20ClFN2O2. The molecule has 0 fully saturated rings. The molecular weight excluding hydrogens is 391 g/mol. The second-order valence-corrected chi connectivity index (χ2v) is 7.72. The van der Waals surface area contributed by atoms with Crippen LogP contribution in [0.3, 0.4) is 0 Å². The van der Waals surface area contributed by atoms with Gasteiger partial charge in [0.25, 0.3) is 5.91 Å². The number of hydrogen-bond donors (Lipinski definition) is 2. The van der Waals surface area contributed by atoms with Gasteiger partial charge in [0, 0.05) is 45.6 Å². The molecule has 2 aromatic carbocycles. The maximum atomic E-state index is 13.2. The van der Waals surface area contributed by atoms with Gasteiger partial charge in [-0.2, -0.15) is 0 Å². The molecule has 1 aliphatic heterocycles. The molecule has 0 radical (unpaired) electrons. The molecule has 2 aromatic rings. The number of anilines is 1. The van der Waals surface area contributed by atoms with Crippen LogP contribution in [0.1, 0.15) is 37.7 Å². The van der Waals surface area contributed by atoms with E-state index in [1.54, 1.807) is 12.1 Å². The van der Waals surface area contributed by atoms with Crippen LogP contribution in [0.15, 0.2) is 71.1 Å². The van der Waals surface area contributed by atoms with Crippen molar-refractivity contribution in [1.82, 2.24) is 5.32 Å². The van der Waals surface area contributed by atoms with Crippen LogP contribution in [0.2, 0.25) is 5.02 Å². The van der Waals surface area contributed by atoms with Crippen LogP contribution in [0, 0.1) is 5.82 Å². The van der Waals surface area contributed by atoms with Crippen LogP contribution in [-0.4, -0.2) is 11.7 Å². The number of benzene rings is 2. The van der Waals surface area contributed by atoms with Crippen molar-refractivity contribution in [3.05, 3.63) is 87.5 Å². The zero-order chi connectivity index (χ0) is 20.5. The largest absolute Gasteiger partial charge is 0.362 e. The Morgan fingerprint density at radius 3 is 2.66 bits per heavy atom. The van der Waals surface area contributed by atoms with Crippen LogP contribution in [0.4, 0.5) is 10.1 Å². The normalized spacial score (nSPS) is 19.0. The molecule has 0 saturated heterocycles. The number of hydrogen-bond acceptors (Lipinski definition) is 3. The first-order valence-corrected chi connectivity index (χ1v) is 9.88. The molecule has 1 atom stereocenters. The van der Waals surface area contributed by atoms with Gasteiger partial charge in [0.15, 0.2) is 5.78 Å². The quantitative estimate of drug-likeness (QED) is 0.741. The van der Waals surface area contributed by atoms with Gasteiger partial charge in [0.05, 0.1) is 0 Å². The molecule has 4 nitrogen and oxygen atoms in total. The molecule has 0 saturated carbocycles. The topological polar surface area (TPSA) is 58.2 Å². The highest BCUT2D eigenvalue weighted by Crippen LogP contribution is 2.42. The summed E-state index contributed by atoms with van der Waals surface area (Å²) in [7, 11) is 0. The van der Waals surface area contributed by atoms with Gasteiger partial charge < -0.3 is 10.6 Å². The van der Waals surface area contributed by atoms with E-state index in [1.165, 1.54) is 24.3 Å². The number of ketones is 1. The zero-order valence-corrected chi connectivity index (χ0v) is 16.6. The molecule has 0 spiro atoms. The van der Waals surface area contributed by atoms with E-state index >= 15 is 0 Å². The molecule has 2 N–H and O–H groups in total. The lowest BCUT2D eigenvalue weighted by Crippen LogP contribution is -2.35. The average Bonchev–Trinajstić information content (AvgIpc) is 2.69. The zero-order valence-electron chi connectivity index (χ0n) is 15.9. The molecule has 0 aromatic heterocycles. The molecule has 4 rings (SSSR count). The number of halogens is 2. The second-order valence-electron chi connectivity index (χ2n) is 7.28. The number of carbonyl (C=O) groups excluding carboxylic acids is 2. The summed E-state index contributed by atoms with van der Waals surface area (Å²) in [5.41, 5.74) is 3.95. The van der Waals surface area contributed by atoms with Crippen LogP contribution >= 0.6 is 11.6 Å². The maximum absolute atomic E-state index is 13.2. The van der Waals surface area contributed by atoms with Crippen LogP contribution in [0.25, 0.3) is 0 Å². The van der Waals surface area contributed by atoms with E-state index in [4.69, 9.17) is 11.6 Å². The van der Waals surface area contributed by atoms with E-state index in [0.717, 1.165) is 24.1 Å². The minimum Gasteiger partial charge on any atom is -0.362 e. The van der Waals surface area contributed by atoms with Gasteiger partial charge in [0.2, 0.25) is 0 Å². The summed E-state index contributed by atoms with van der Waals surface area (Å²) in [6.07, 6.45) is 2.02. The molecule has 1 amide bonds. The predicted molar refractivity (Wildman–Crippen MR) is 111 cm³/mol. The van der Waals surface area contributed by atoms with E-state index in [2.05, 4.69) is 10.6 Å². The smallest absolute Gasteiger partial charge is 0.254 e. The molecule has 0 unspecified atom stereocenters. The standard InChI is InChI=1S/C23H20ClFN2O2/c1-13-20(23(29)27-17-10-8-16(25)9-11-17)21(14-4-2-5-15(24)12-14)22-18(26-13)6-3-7-19(22)28/h2,4-5,8-12,21,26H,3,6-7H2,1H3,(H,27,29)/t21-/m0/s1. The van der Waals surface area contributed by atoms with E-state index in [-0.39, 0.29) is 17.5 Å². The fourth-order valence-electron chi connectivity index (χ4n) is 4.04. The molecule has 148 valence electrons. The third-order valence-corrected chi connectivity index (χ3v) is 5.54.